The predicted molar refractivity (Wildman–Crippen MR) is 185 cm³/mol. The molecule has 0 unspecified atom stereocenters. The van der Waals surface area contributed by atoms with Crippen LogP contribution in [0.4, 0.5) is 0 Å². The van der Waals surface area contributed by atoms with Crippen molar-refractivity contribution in [2.75, 3.05) is 0 Å². The van der Waals surface area contributed by atoms with Crippen LogP contribution < -0.4 is 32.3 Å². The number of nitrogens with one attached hydrogen (secondary N) is 6. The summed E-state index contributed by atoms with van der Waals surface area (Å²) in [6.45, 7) is 8.03. The largest absolute Gasteiger partial charge is 0.481 e. The van der Waals surface area contributed by atoms with Crippen molar-refractivity contribution in [3.63, 3.8) is 0 Å². The van der Waals surface area contributed by atoms with E-state index in [-0.39, 0.29) is 19.3 Å². The van der Waals surface area contributed by atoms with E-state index in [4.69, 9.17) is 5.73 Å². The van der Waals surface area contributed by atoms with E-state index in [0.717, 1.165) is 17.8 Å². The van der Waals surface area contributed by atoms with Gasteiger partial charge in [-0.2, -0.15) is 0 Å². The van der Waals surface area contributed by atoms with Crippen molar-refractivity contribution in [1.82, 2.24) is 31.6 Å². The number of H-pyrrole nitrogens is 1. The SMILES string of the molecule is CC[C@H](C)[C@H](NC(=O)[C@H](CC(=O)O)NC(C)=O)C(=O)N[C@H](C(=O)N[C@@H](Cc1c[nH]c2ccccc12)C(=O)N[C@@H](CCC(N)=O)C(=O)O)[C@@H](C)CC. The number of hydrogen-bond donors (Lipinski definition) is 9. The molecule has 0 fully saturated rings. The van der Waals surface area contributed by atoms with E-state index in [9.17, 15) is 48.6 Å². The highest BCUT2D eigenvalue weighted by atomic mass is 16.4. The van der Waals surface area contributed by atoms with Crippen LogP contribution >= 0.6 is 0 Å². The van der Waals surface area contributed by atoms with E-state index in [0.29, 0.717) is 18.4 Å². The van der Waals surface area contributed by atoms with Gasteiger partial charge in [-0.15, -0.1) is 0 Å². The lowest BCUT2D eigenvalue weighted by Gasteiger charge is -2.30. The Kier molecular flexibility index (Phi) is 16.1. The van der Waals surface area contributed by atoms with Crippen LogP contribution in [0.15, 0.2) is 30.5 Å². The fourth-order valence-electron chi connectivity index (χ4n) is 5.34. The van der Waals surface area contributed by atoms with Crippen LogP contribution in [-0.2, 0) is 44.8 Å². The fraction of sp³-hybridized carbons (Fsp3) is 0.529. The molecule has 280 valence electrons. The maximum absolute atomic E-state index is 14.0. The van der Waals surface area contributed by atoms with Gasteiger partial charge in [0.05, 0.1) is 6.42 Å². The Balaban J connectivity index is 2.42. The third-order valence-corrected chi connectivity index (χ3v) is 8.69. The van der Waals surface area contributed by atoms with Crippen molar-refractivity contribution in [1.29, 1.82) is 0 Å². The molecule has 6 amide bonds. The fourth-order valence-corrected chi connectivity index (χ4v) is 5.34. The highest BCUT2D eigenvalue weighted by molar-refractivity contribution is 5.97. The maximum atomic E-state index is 14.0. The number of para-hydroxylation sites is 1. The summed E-state index contributed by atoms with van der Waals surface area (Å²) >= 11 is 0. The molecule has 0 bridgehead atoms. The van der Waals surface area contributed by atoms with Crippen molar-refractivity contribution in [2.24, 2.45) is 17.6 Å². The third kappa shape index (κ3) is 12.7. The number of benzene rings is 1. The second kappa shape index (κ2) is 19.6. The lowest BCUT2D eigenvalue weighted by molar-refractivity contribution is -0.143. The number of carbonyl (C=O) groups excluding carboxylic acids is 6. The smallest absolute Gasteiger partial charge is 0.326 e. The zero-order chi connectivity index (χ0) is 38.4. The van der Waals surface area contributed by atoms with Gasteiger partial charge in [0.25, 0.3) is 0 Å². The van der Waals surface area contributed by atoms with E-state index in [1.54, 1.807) is 40.0 Å². The Bertz CT molecular complexity index is 1580. The Morgan fingerprint density at radius 1 is 0.745 bits per heavy atom. The molecule has 0 saturated heterocycles. The number of primary amides is 1. The molecule has 51 heavy (non-hydrogen) atoms. The molecule has 2 rings (SSSR count). The van der Waals surface area contributed by atoms with Crippen molar-refractivity contribution in [3.8, 4) is 0 Å². The predicted octanol–water partition coefficient (Wildman–Crippen LogP) is 0.0713. The van der Waals surface area contributed by atoms with Gasteiger partial charge in [-0.1, -0.05) is 58.7 Å². The number of rotatable bonds is 21. The molecule has 1 heterocycles. The van der Waals surface area contributed by atoms with E-state index in [1.807, 2.05) is 18.2 Å². The van der Waals surface area contributed by atoms with Crippen molar-refractivity contribution in [2.45, 2.75) is 103 Å². The van der Waals surface area contributed by atoms with Crippen LogP contribution in [0.5, 0.6) is 0 Å². The first-order valence-electron chi connectivity index (χ1n) is 16.7. The molecule has 10 N–H and O–H groups in total. The van der Waals surface area contributed by atoms with Gasteiger partial charge in [-0.3, -0.25) is 33.6 Å². The molecule has 17 heteroatoms. The Morgan fingerprint density at radius 3 is 1.80 bits per heavy atom. The van der Waals surface area contributed by atoms with Crippen LogP contribution in [-0.4, -0.2) is 92.8 Å². The van der Waals surface area contributed by atoms with E-state index in [2.05, 4.69) is 31.6 Å². The number of aromatic nitrogens is 1. The second-order valence-electron chi connectivity index (χ2n) is 12.6. The lowest BCUT2D eigenvalue weighted by atomic mass is 9.94. The van der Waals surface area contributed by atoms with Gasteiger partial charge in [0, 0.05) is 36.9 Å². The molecule has 1 aromatic carbocycles. The van der Waals surface area contributed by atoms with Gasteiger partial charge in [0.2, 0.25) is 35.4 Å². The van der Waals surface area contributed by atoms with Gasteiger partial charge in [-0.25, -0.2) is 4.79 Å². The molecule has 0 radical (unpaired) electrons. The summed E-state index contributed by atoms with van der Waals surface area (Å²) in [4.78, 5) is 104. The number of fused-ring (bicyclic) bond motifs is 1. The minimum atomic E-state index is -1.49. The summed E-state index contributed by atoms with van der Waals surface area (Å²) in [7, 11) is 0. The molecule has 0 aliphatic rings. The van der Waals surface area contributed by atoms with Gasteiger partial charge >= 0.3 is 11.9 Å². The quantitative estimate of drug-likeness (QED) is 0.0839. The van der Waals surface area contributed by atoms with Crippen LogP contribution in [0.1, 0.15) is 72.3 Å². The molecule has 1 aromatic heterocycles. The first-order chi connectivity index (χ1) is 24.0. The van der Waals surface area contributed by atoms with Gasteiger partial charge < -0.3 is 47.5 Å². The number of nitrogens with two attached hydrogens (primary N) is 1. The number of carbonyl (C=O) groups is 8. The lowest BCUT2D eigenvalue weighted by Crippen LogP contribution is -2.61. The monoisotopic (exact) mass is 715 g/mol. The van der Waals surface area contributed by atoms with E-state index in [1.165, 1.54) is 0 Å². The van der Waals surface area contributed by atoms with Crippen LogP contribution in [0.2, 0.25) is 0 Å². The molecule has 0 saturated carbocycles. The van der Waals surface area contributed by atoms with Crippen LogP contribution in [0.3, 0.4) is 0 Å². The summed E-state index contributed by atoms with van der Waals surface area (Å²) in [5.74, 6) is -8.45. The van der Waals surface area contributed by atoms with Crippen LogP contribution in [0.25, 0.3) is 10.9 Å². The minimum absolute atomic E-state index is 0.0788. The minimum Gasteiger partial charge on any atom is -0.481 e. The number of carboxylic acids is 2. The summed E-state index contributed by atoms with van der Waals surface area (Å²) < 4.78 is 0. The van der Waals surface area contributed by atoms with Gasteiger partial charge in [0.15, 0.2) is 0 Å². The Hall–Kier alpha value is -5.48. The zero-order valence-electron chi connectivity index (χ0n) is 29.4. The highest BCUT2D eigenvalue weighted by Gasteiger charge is 2.36. The van der Waals surface area contributed by atoms with Crippen molar-refractivity contribution < 1.29 is 48.6 Å². The summed E-state index contributed by atoms with van der Waals surface area (Å²) in [6, 6.07) is 0.466. The maximum Gasteiger partial charge on any atom is 0.326 e. The molecule has 0 spiro atoms. The first-order valence-corrected chi connectivity index (χ1v) is 16.7. The van der Waals surface area contributed by atoms with E-state index < -0.39 is 95.8 Å². The topological polar surface area (TPSA) is 279 Å². The summed E-state index contributed by atoms with van der Waals surface area (Å²) in [6.07, 6.45) is 1.05. The molecule has 2 aromatic rings. The molecule has 17 nitrogen and oxygen atoms in total. The average Bonchev–Trinajstić information content (AvgIpc) is 3.48. The number of aliphatic carboxylic acids is 2. The van der Waals surface area contributed by atoms with Gasteiger partial charge in [-0.05, 0) is 29.9 Å². The highest BCUT2D eigenvalue weighted by Crippen LogP contribution is 2.20. The third-order valence-electron chi connectivity index (χ3n) is 8.69. The molecule has 0 aliphatic carbocycles. The molecule has 0 aliphatic heterocycles. The second-order valence-corrected chi connectivity index (χ2v) is 12.6. The number of aromatic amines is 1. The number of hydrogen-bond acceptors (Lipinski definition) is 8. The van der Waals surface area contributed by atoms with Crippen molar-refractivity contribution >= 4 is 58.3 Å². The molecular formula is C34H49N7O10. The normalized spacial score (nSPS) is 15.2. The summed E-state index contributed by atoms with van der Waals surface area (Å²) in [5.41, 5.74) is 6.57. The zero-order valence-corrected chi connectivity index (χ0v) is 29.4. The Labute approximate surface area is 295 Å². The van der Waals surface area contributed by atoms with Crippen molar-refractivity contribution in [3.05, 3.63) is 36.0 Å². The van der Waals surface area contributed by atoms with E-state index >= 15 is 0 Å². The summed E-state index contributed by atoms with van der Waals surface area (Å²) in [5, 5.41) is 32.2. The average molecular weight is 716 g/mol. The molecule has 7 atom stereocenters. The Morgan fingerprint density at radius 2 is 1.27 bits per heavy atom. The number of amides is 6. The van der Waals surface area contributed by atoms with Crippen LogP contribution in [0, 0.1) is 11.8 Å². The number of carboxylic acid groups (broad SMARTS) is 2. The molecular weight excluding hydrogens is 666 g/mol. The standard InChI is InChI=1S/C34H49N7O10/c1-6-17(3)28(41-33(49)29(18(4)7-2)40-31(47)25(15-27(44)45)37-19(5)42)32(48)39-24(14-20-16-36-22-11-9-8-10-21(20)22)30(46)38-23(34(50)51)12-13-26(35)43/h8-11,16-18,23-25,28-29,36H,6-7,12-15H2,1-5H3,(H2,35,43)(H,37,42)(H,38,46)(H,39,48)(H,40,47)(H,41,49)(H,44,45)(H,50,51)/t17-,18-,23-,24-,25-,28-,29-/m0/s1. The van der Waals surface area contributed by atoms with Gasteiger partial charge in [0.1, 0.15) is 30.2 Å². The first kappa shape index (κ1) is 41.7.